The molecule has 0 aliphatic rings. The summed E-state index contributed by atoms with van der Waals surface area (Å²) in [7, 11) is -5.42. The molecule has 0 saturated heterocycles. The summed E-state index contributed by atoms with van der Waals surface area (Å²) in [6, 6.07) is 11.0. The fraction of sp³-hybridized carbons (Fsp3) is 0.0588. The van der Waals surface area contributed by atoms with Crippen molar-refractivity contribution in [2.75, 3.05) is 5.32 Å². The number of fused-ring (bicyclic) bond motifs is 1. The Kier molecular flexibility index (Phi) is 4.82. The minimum Gasteiger partial charge on any atom is -0.338 e. The first kappa shape index (κ1) is 20.0. The van der Waals surface area contributed by atoms with Gasteiger partial charge in [0.2, 0.25) is 0 Å². The van der Waals surface area contributed by atoms with Crippen LogP contribution in [-0.2, 0) is 9.84 Å². The molecule has 2 heterocycles. The Balaban J connectivity index is 1.68. The Bertz CT molecular complexity index is 1340. The summed E-state index contributed by atoms with van der Waals surface area (Å²) in [5.74, 6) is 0.227. The van der Waals surface area contributed by atoms with Crippen LogP contribution in [0.5, 0.6) is 0 Å². The molecular weight excluding hydrogens is 445 g/mol. The van der Waals surface area contributed by atoms with E-state index in [2.05, 4.69) is 25.6 Å². The molecule has 4 aromatic rings. The number of aromatic nitrogens is 5. The lowest BCUT2D eigenvalue weighted by atomic mass is 10.3. The van der Waals surface area contributed by atoms with Crippen molar-refractivity contribution in [3.05, 3.63) is 59.9 Å². The Morgan fingerprint density at radius 1 is 1.00 bits per heavy atom. The number of para-hydroxylation sites is 1. The number of hydrogen-bond donors (Lipinski definition) is 1. The van der Waals surface area contributed by atoms with Crippen molar-refractivity contribution in [2.24, 2.45) is 0 Å². The molecular formula is C17H10ClF3N6O2S. The van der Waals surface area contributed by atoms with Crippen molar-refractivity contribution in [1.82, 2.24) is 25.0 Å². The minimum atomic E-state index is -5.42. The molecule has 2 aromatic carbocycles. The number of nitrogens with one attached hydrogen (secondary N) is 1. The second kappa shape index (κ2) is 7.22. The third-order valence-electron chi connectivity index (χ3n) is 4.05. The molecule has 30 heavy (non-hydrogen) atoms. The highest BCUT2D eigenvalue weighted by Gasteiger charge is 2.46. The van der Waals surface area contributed by atoms with E-state index in [9.17, 15) is 21.6 Å². The zero-order chi connectivity index (χ0) is 21.5. The Morgan fingerprint density at radius 2 is 1.70 bits per heavy atom. The molecule has 0 spiro atoms. The molecule has 0 aliphatic carbocycles. The van der Waals surface area contributed by atoms with Gasteiger partial charge in [-0.25, -0.2) is 18.4 Å². The smallest absolute Gasteiger partial charge is 0.338 e. The molecule has 0 radical (unpaired) electrons. The summed E-state index contributed by atoms with van der Waals surface area (Å²) in [6.07, 6.45) is 1.25. The van der Waals surface area contributed by atoms with Crippen LogP contribution < -0.4 is 5.32 Å². The average molecular weight is 455 g/mol. The van der Waals surface area contributed by atoms with Crippen LogP contribution in [0.3, 0.4) is 0 Å². The number of benzene rings is 2. The number of halogens is 4. The van der Waals surface area contributed by atoms with Gasteiger partial charge in [0.1, 0.15) is 6.33 Å². The van der Waals surface area contributed by atoms with E-state index in [4.69, 9.17) is 11.6 Å². The first-order chi connectivity index (χ1) is 14.2. The van der Waals surface area contributed by atoms with E-state index < -0.39 is 20.2 Å². The lowest BCUT2D eigenvalue weighted by Crippen LogP contribution is -2.23. The molecule has 8 nitrogen and oxygen atoms in total. The lowest BCUT2D eigenvalue weighted by Gasteiger charge is -2.10. The predicted molar refractivity (Wildman–Crippen MR) is 102 cm³/mol. The van der Waals surface area contributed by atoms with E-state index in [1.807, 2.05) is 0 Å². The van der Waals surface area contributed by atoms with Crippen LogP contribution in [0.25, 0.3) is 16.9 Å². The van der Waals surface area contributed by atoms with Gasteiger partial charge in [0, 0.05) is 5.69 Å². The highest BCUT2D eigenvalue weighted by Crippen LogP contribution is 2.31. The van der Waals surface area contributed by atoms with Crippen LogP contribution in [0, 0.1) is 0 Å². The lowest BCUT2D eigenvalue weighted by molar-refractivity contribution is -0.0436. The molecule has 2 aromatic heterocycles. The quantitative estimate of drug-likeness (QED) is 0.498. The normalized spacial score (nSPS) is 12.3. The summed E-state index contributed by atoms with van der Waals surface area (Å²) in [6.45, 7) is 0. The fourth-order valence-electron chi connectivity index (χ4n) is 2.61. The van der Waals surface area contributed by atoms with Crippen LogP contribution in [0.15, 0.2) is 59.8 Å². The summed E-state index contributed by atoms with van der Waals surface area (Å²) in [4.78, 5) is 7.37. The molecule has 0 unspecified atom stereocenters. The molecule has 0 atom stereocenters. The molecule has 13 heteroatoms. The standard InChI is InChI=1S/C17H10ClF3N6O2S/c18-12-3-1-2-4-13(12)27-16-14(25-26-27)15(22-9-23-16)24-10-5-7-11(8-6-10)30(28,29)17(19,20)21/h1-9H,(H,22,23,24). The van der Waals surface area contributed by atoms with E-state index in [-0.39, 0.29) is 11.3 Å². The van der Waals surface area contributed by atoms with Crippen molar-refractivity contribution in [3.8, 4) is 5.69 Å². The minimum absolute atomic E-state index is 0.227. The van der Waals surface area contributed by atoms with Crippen molar-refractivity contribution in [1.29, 1.82) is 0 Å². The molecule has 0 amide bonds. The Labute approximate surface area is 172 Å². The third-order valence-corrected chi connectivity index (χ3v) is 5.87. The van der Waals surface area contributed by atoms with Gasteiger partial charge >= 0.3 is 5.51 Å². The highest BCUT2D eigenvalue weighted by atomic mass is 35.5. The average Bonchev–Trinajstić information content (AvgIpc) is 3.13. The van der Waals surface area contributed by atoms with Gasteiger partial charge in [0.05, 0.1) is 15.6 Å². The van der Waals surface area contributed by atoms with Gasteiger partial charge in [0.25, 0.3) is 9.84 Å². The summed E-state index contributed by atoms with van der Waals surface area (Å²) in [5.41, 5.74) is -3.91. The maximum Gasteiger partial charge on any atom is 0.501 e. The Morgan fingerprint density at radius 3 is 2.37 bits per heavy atom. The first-order valence-corrected chi connectivity index (χ1v) is 10.0. The fourth-order valence-corrected chi connectivity index (χ4v) is 3.59. The molecule has 1 N–H and O–H groups in total. The van der Waals surface area contributed by atoms with E-state index in [0.717, 1.165) is 12.1 Å². The molecule has 4 rings (SSSR count). The highest BCUT2D eigenvalue weighted by molar-refractivity contribution is 7.92. The summed E-state index contributed by atoms with van der Waals surface area (Å²) in [5, 5.41) is 11.4. The summed E-state index contributed by atoms with van der Waals surface area (Å²) >= 11 is 6.19. The van der Waals surface area contributed by atoms with Crippen molar-refractivity contribution in [2.45, 2.75) is 10.4 Å². The van der Waals surface area contributed by atoms with Gasteiger partial charge in [-0.2, -0.15) is 17.9 Å². The van der Waals surface area contributed by atoms with E-state index >= 15 is 0 Å². The van der Waals surface area contributed by atoms with Gasteiger partial charge in [-0.3, -0.25) is 0 Å². The molecule has 0 bridgehead atoms. The van der Waals surface area contributed by atoms with Gasteiger partial charge in [-0.15, -0.1) is 5.10 Å². The number of nitrogens with zero attached hydrogens (tertiary/aromatic N) is 5. The second-order valence-corrected chi connectivity index (χ2v) is 8.29. The third kappa shape index (κ3) is 3.44. The van der Waals surface area contributed by atoms with Gasteiger partial charge < -0.3 is 5.32 Å². The first-order valence-electron chi connectivity index (χ1n) is 8.18. The maximum absolute atomic E-state index is 12.7. The van der Waals surface area contributed by atoms with Gasteiger partial charge in [-0.05, 0) is 36.4 Å². The molecule has 154 valence electrons. The van der Waals surface area contributed by atoms with Crippen molar-refractivity contribution >= 4 is 44.1 Å². The SMILES string of the molecule is O=S(=O)(c1ccc(Nc2ncnc3c2nnn3-c2ccccc2Cl)cc1)C(F)(F)F. The predicted octanol–water partition coefficient (Wildman–Crippen LogP) is 3.90. The van der Waals surface area contributed by atoms with Gasteiger partial charge in [-0.1, -0.05) is 28.9 Å². The zero-order valence-electron chi connectivity index (χ0n) is 14.7. The van der Waals surface area contributed by atoms with E-state index in [1.165, 1.54) is 23.1 Å². The number of sulfone groups is 1. The van der Waals surface area contributed by atoms with E-state index in [1.54, 1.807) is 24.3 Å². The molecule has 0 saturated carbocycles. The van der Waals surface area contributed by atoms with Crippen LogP contribution in [0.4, 0.5) is 24.7 Å². The monoisotopic (exact) mass is 454 g/mol. The van der Waals surface area contributed by atoms with Crippen LogP contribution >= 0.6 is 11.6 Å². The largest absolute Gasteiger partial charge is 0.501 e. The van der Waals surface area contributed by atoms with Crippen molar-refractivity contribution in [3.63, 3.8) is 0 Å². The van der Waals surface area contributed by atoms with Gasteiger partial charge in [0.15, 0.2) is 17.0 Å². The summed E-state index contributed by atoms with van der Waals surface area (Å²) < 4.78 is 62.3. The van der Waals surface area contributed by atoms with Crippen LogP contribution in [0.2, 0.25) is 5.02 Å². The number of alkyl halides is 3. The molecule has 0 aliphatic heterocycles. The zero-order valence-corrected chi connectivity index (χ0v) is 16.2. The number of rotatable bonds is 4. The molecule has 0 fully saturated rings. The van der Waals surface area contributed by atoms with Crippen LogP contribution in [0.1, 0.15) is 0 Å². The van der Waals surface area contributed by atoms with E-state index in [0.29, 0.717) is 22.0 Å². The topological polar surface area (TPSA) is 103 Å². The maximum atomic E-state index is 12.7. The van der Waals surface area contributed by atoms with Crippen molar-refractivity contribution < 1.29 is 21.6 Å². The Hall–Kier alpha value is -3.25. The number of anilines is 2. The second-order valence-electron chi connectivity index (χ2n) is 5.95. The van der Waals surface area contributed by atoms with Crippen LogP contribution in [-0.4, -0.2) is 38.9 Å². The number of hydrogen-bond acceptors (Lipinski definition) is 7.